The fourth-order valence-corrected chi connectivity index (χ4v) is 12.0. The van der Waals surface area contributed by atoms with E-state index in [0.29, 0.717) is 25.9 Å². The van der Waals surface area contributed by atoms with E-state index in [1.54, 1.807) is 0 Å². The number of unbranched alkanes of at least 4 members (excludes halogenated alkanes) is 56. The molecule has 486 valence electrons. The van der Waals surface area contributed by atoms with E-state index in [-0.39, 0.29) is 18.5 Å². The van der Waals surface area contributed by atoms with Crippen molar-refractivity contribution in [1.82, 2.24) is 5.32 Å². The number of hydrogen-bond donors (Lipinski definition) is 3. The van der Waals surface area contributed by atoms with Gasteiger partial charge in [-0.2, -0.15) is 0 Å². The maximum atomic E-state index is 12.5. The van der Waals surface area contributed by atoms with Gasteiger partial charge >= 0.3 is 5.97 Å². The SMILES string of the molecule is CCCCCC/C=C\C/C=C\CCCCCCCC(=O)OCCCCCCCCCCCCCCCCCCCCCCCCCCCCCCCCCCCCCCCC(=O)NC(CO)C(O)CCCCCCCCCCCCCC. The molecule has 1 amide bonds. The molecule has 2 unspecified atom stereocenters. The molecule has 0 aromatic carbocycles. The Kier molecular flexibility index (Phi) is 70.4. The number of esters is 1. The molecular weight excluding hydrogens is 1010 g/mol. The van der Waals surface area contributed by atoms with Gasteiger partial charge in [-0.3, -0.25) is 9.59 Å². The lowest BCUT2D eigenvalue weighted by atomic mass is 10.0. The number of hydrogen-bond acceptors (Lipinski definition) is 5. The molecule has 0 saturated heterocycles. The fraction of sp³-hybridized carbons (Fsp3) is 0.921. The topological polar surface area (TPSA) is 95.9 Å². The zero-order valence-electron chi connectivity index (χ0n) is 55.8. The Labute approximate surface area is 513 Å². The van der Waals surface area contributed by atoms with Gasteiger partial charge in [-0.15, -0.1) is 0 Å². The van der Waals surface area contributed by atoms with Crippen LogP contribution in [0.4, 0.5) is 0 Å². The van der Waals surface area contributed by atoms with Gasteiger partial charge in [0.05, 0.1) is 25.4 Å². The van der Waals surface area contributed by atoms with E-state index in [0.717, 1.165) is 51.4 Å². The Bertz CT molecular complexity index is 1280. The van der Waals surface area contributed by atoms with Gasteiger partial charge in [0.25, 0.3) is 0 Å². The second kappa shape index (κ2) is 71.8. The number of ether oxygens (including phenoxy) is 1. The van der Waals surface area contributed by atoms with Gasteiger partial charge in [0.2, 0.25) is 5.91 Å². The van der Waals surface area contributed by atoms with Gasteiger partial charge < -0.3 is 20.3 Å². The normalized spacial score (nSPS) is 12.6. The quantitative estimate of drug-likeness (QED) is 0.0320. The highest BCUT2D eigenvalue weighted by Crippen LogP contribution is 2.20. The first kappa shape index (κ1) is 80.3. The second-order valence-electron chi connectivity index (χ2n) is 26.0. The molecule has 82 heavy (non-hydrogen) atoms. The van der Waals surface area contributed by atoms with Crippen molar-refractivity contribution >= 4 is 11.9 Å². The van der Waals surface area contributed by atoms with Crippen LogP contribution in [-0.4, -0.2) is 47.4 Å². The van der Waals surface area contributed by atoms with Gasteiger partial charge in [0.1, 0.15) is 0 Å². The third-order valence-corrected chi connectivity index (χ3v) is 17.8. The number of carbonyl (C=O) groups excluding carboxylic acids is 2. The molecule has 0 heterocycles. The van der Waals surface area contributed by atoms with Crippen molar-refractivity contribution in [2.45, 2.75) is 437 Å². The van der Waals surface area contributed by atoms with Gasteiger partial charge in [-0.25, -0.2) is 0 Å². The molecule has 0 aliphatic rings. The van der Waals surface area contributed by atoms with Crippen molar-refractivity contribution in [3.8, 4) is 0 Å². The molecule has 0 rings (SSSR count). The zero-order chi connectivity index (χ0) is 59.2. The largest absolute Gasteiger partial charge is 0.466 e. The molecule has 0 aromatic rings. The summed E-state index contributed by atoms with van der Waals surface area (Å²) in [4.78, 5) is 24.6. The number of allylic oxidation sites excluding steroid dienone is 4. The minimum Gasteiger partial charge on any atom is -0.466 e. The first-order valence-electron chi connectivity index (χ1n) is 37.6. The van der Waals surface area contributed by atoms with Gasteiger partial charge in [-0.1, -0.05) is 378 Å². The number of amides is 1. The molecular formula is C76H147NO5. The van der Waals surface area contributed by atoms with Crippen LogP contribution in [0, 0.1) is 0 Å². The van der Waals surface area contributed by atoms with Gasteiger partial charge in [0, 0.05) is 12.8 Å². The summed E-state index contributed by atoms with van der Waals surface area (Å²) in [6.07, 6.45) is 91.3. The van der Waals surface area contributed by atoms with E-state index in [2.05, 4.69) is 43.5 Å². The Hall–Kier alpha value is -1.66. The molecule has 6 heteroatoms. The third kappa shape index (κ3) is 67.5. The van der Waals surface area contributed by atoms with Gasteiger partial charge in [0.15, 0.2) is 0 Å². The molecule has 0 saturated carbocycles. The average Bonchev–Trinajstić information content (AvgIpc) is 3.48. The van der Waals surface area contributed by atoms with E-state index in [1.165, 1.54) is 340 Å². The van der Waals surface area contributed by atoms with Crippen molar-refractivity contribution in [1.29, 1.82) is 0 Å². The molecule has 0 bridgehead atoms. The summed E-state index contributed by atoms with van der Waals surface area (Å²) in [5.41, 5.74) is 0. The summed E-state index contributed by atoms with van der Waals surface area (Å²) in [5, 5.41) is 23.3. The smallest absolute Gasteiger partial charge is 0.305 e. The zero-order valence-corrected chi connectivity index (χ0v) is 55.8. The van der Waals surface area contributed by atoms with Crippen molar-refractivity contribution in [3.63, 3.8) is 0 Å². The first-order chi connectivity index (χ1) is 40.5. The van der Waals surface area contributed by atoms with Crippen LogP contribution in [0.2, 0.25) is 0 Å². The lowest BCUT2D eigenvalue weighted by molar-refractivity contribution is -0.143. The monoisotopic (exact) mass is 1150 g/mol. The number of aliphatic hydroxyl groups is 2. The predicted molar refractivity (Wildman–Crippen MR) is 361 cm³/mol. The van der Waals surface area contributed by atoms with Crippen LogP contribution in [0.15, 0.2) is 24.3 Å². The minimum absolute atomic E-state index is 0.0105. The van der Waals surface area contributed by atoms with Crippen LogP contribution < -0.4 is 5.32 Å². The summed E-state index contributed by atoms with van der Waals surface area (Å²) < 4.78 is 5.50. The Morgan fingerprint density at radius 2 is 0.610 bits per heavy atom. The predicted octanol–water partition coefficient (Wildman–Crippen LogP) is 24.5. The first-order valence-corrected chi connectivity index (χ1v) is 37.6. The van der Waals surface area contributed by atoms with Crippen LogP contribution in [0.5, 0.6) is 0 Å². The van der Waals surface area contributed by atoms with Gasteiger partial charge in [-0.05, 0) is 57.8 Å². The molecule has 3 N–H and O–H groups in total. The summed E-state index contributed by atoms with van der Waals surface area (Å²) >= 11 is 0. The summed E-state index contributed by atoms with van der Waals surface area (Å²) in [5.74, 6) is -0.0169. The highest BCUT2D eigenvalue weighted by molar-refractivity contribution is 5.76. The number of aliphatic hydroxyl groups excluding tert-OH is 2. The maximum Gasteiger partial charge on any atom is 0.305 e. The van der Waals surface area contributed by atoms with Crippen LogP contribution in [0.25, 0.3) is 0 Å². The van der Waals surface area contributed by atoms with Crippen molar-refractivity contribution < 1.29 is 24.5 Å². The van der Waals surface area contributed by atoms with E-state index in [1.807, 2.05) is 0 Å². The maximum absolute atomic E-state index is 12.5. The number of rotatable bonds is 71. The highest BCUT2D eigenvalue weighted by atomic mass is 16.5. The Balaban J connectivity index is 3.28. The number of carbonyl (C=O) groups is 2. The van der Waals surface area contributed by atoms with Crippen LogP contribution in [-0.2, 0) is 14.3 Å². The van der Waals surface area contributed by atoms with E-state index >= 15 is 0 Å². The molecule has 0 aliphatic carbocycles. The number of nitrogens with one attached hydrogen (secondary N) is 1. The summed E-state index contributed by atoms with van der Waals surface area (Å²) in [6.45, 7) is 4.96. The third-order valence-electron chi connectivity index (χ3n) is 17.8. The minimum atomic E-state index is -0.658. The lowest BCUT2D eigenvalue weighted by Gasteiger charge is -2.22. The van der Waals surface area contributed by atoms with E-state index in [9.17, 15) is 19.8 Å². The fourth-order valence-electron chi connectivity index (χ4n) is 12.0. The second-order valence-corrected chi connectivity index (χ2v) is 26.0. The highest BCUT2D eigenvalue weighted by Gasteiger charge is 2.20. The Morgan fingerprint density at radius 3 is 0.939 bits per heavy atom. The van der Waals surface area contributed by atoms with E-state index in [4.69, 9.17) is 4.74 Å². The van der Waals surface area contributed by atoms with Crippen LogP contribution >= 0.6 is 0 Å². The molecule has 6 nitrogen and oxygen atoms in total. The van der Waals surface area contributed by atoms with Crippen molar-refractivity contribution in [2.24, 2.45) is 0 Å². The standard InChI is InChI=1S/C76H147NO5/c1-3-5-7-9-11-13-15-17-18-43-46-50-54-58-62-66-70-76(81)82-71-67-63-59-55-51-47-44-41-39-37-35-33-31-29-27-25-23-21-19-20-22-24-26-28-30-32-34-36-38-40-42-45-49-53-57-61-65-69-75(80)77-73(72-78)74(79)68-64-60-56-52-48-16-14-12-10-8-6-4-2/h13,15,18,43,73-74,78-79H,3-12,14,16-17,19-42,44-72H2,1-2H3,(H,77,80)/b15-13-,43-18-. The molecule has 0 fully saturated rings. The summed E-state index contributed by atoms with van der Waals surface area (Å²) in [7, 11) is 0. The molecule has 0 aromatic heterocycles. The summed E-state index contributed by atoms with van der Waals surface area (Å²) in [6, 6.07) is -0.535. The average molecular weight is 1160 g/mol. The molecule has 0 radical (unpaired) electrons. The van der Waals surface area contributed by atoms with Crippen molar-refractivity contribution in [2.75, 3.05) is 13.2 Å². The van der Waals surface area contributed by atoms with Crippen LogP contribution in [0.3, 0.4) is 0 Å². The van der Waals surface area contributed by atoms with E-state index < -0.39 is 12.1 Å². The molecule has 0 spiro atoms. The molecule has 2 atom stereocenters. The molecule has 0 aliphatic heterocycles. The Morgan fingerprint density at radius 1 is 0.341 bits per heavy atom. The van der Waals surface area contributed by atoms with Crippen LogP contribution in [0.1, 0.15) is 425 Å². The van der Waals surface area contributed by atoms with Crippen molar-refractivity contribution in [3.05, 3.63) is 24.3 Å². The lowest BCUT2D eigenvalue weighted by Crippen LogP contribution is -2.45.